The summed E-state index contributed by atoms with van der Waals surface area (Å²) in [4.78, 5) is 49.7. The molecule has 2 aromatic rings. The van der Waals surface area contributed by atoms with Gasteiger partial charge < -0.3 is 14.2 Å². The number of imide groups is 1. The first-order valence-electron chi connectivity index (χ1n) is 9.39. The Hall–Kier alpha value is -3.11. The number of amides is 2. The second-order valence-corrected chi connectivity index (χ2v) is 8.29. The highest BCUT2D eigenvalue weighted by Gasteiger charge is 2.36. The number of hydrogen-bond donors (Lipinski definition) is 0. The summed E-state index contributed by atoms with van der Waals surface area (Å²) in [6.45, 7) is 1.35. The van der Waals surface area contributed by atoms with Crippen molar-refractivity contribution in [1.82, 2.24) is 4.90 Å². The number of methoxy groups -OCH3 is 1. The molecule has 1 aliphatic heterocycles. The number of carbonyl (C=O) groups excluding carboxylic acids is 4. The minimum atomic E-state index is -0.658. The minimum absolute atomic E-state index is 0.153. The van der Waals surface area contributed by atoms with Gasteiger partial charge in [-0.1, -0.05) is 28.1 Å². The van der Waals surface area contributed by atoms with E-state index in [-0.39, 0.29) is 23.0 Å². The van der Waals surface area contributed by atoms with Crippen molar-refractivity contribution in [3.63, 3.8) is 0 Å². The van der Waals surface area contributed by atoms with Gasteiger partial charge in [0.05, 0.1) is 24.2 Å². The first kappa shape index (κ1) is 23.6. The van der Waals surface area contributed by atoms with Crippen molar-refractivity contribution >= 4 is 56.9 Å². The number of halogens is 1. The molecule has 32 heavy (non-hydrogen) atoms. The summed E-state index contributed by atoms with van der Waals surface area (Å²) in [6, 6.07) is 11.5. The van der Waals surface area contributed by atoms with Crippen LogP contribution < -0.4 is 9.47 Å². The van der Waals surface area contributed by atoms with E-state index in [0.717, 1.165) is 21.1 Å². The van der Waals surface area contributed by atoms with Crippen LogP contribution in [0.1, 0.15) is 22.8 Å². The molecule has 3 rings (SSSR count). The predicted molar refractivity (Wildman–Crippen MR) is 121 cm³/mol. The molecule has 2 amide bonds. The monoisotopic (exact) mass is 519 g/mol. The van der Waals surface area contributed by atoms with E-state index in [2.05, 4.69) is 15.9 Å². The molecule has 1 saturated heterocycles. The highest BCUT2D eigenvalue weighted by Crippen LogP contribution is 2.34. The molecule has 1 heterocycles. The number of thioether (sulfide) groups is 1. The molecule has 0 radical (unpaired) electrons. The van der Waals surface area contributed by atoms with E-state index in [1.54, 1.807) is 43.3 Å². The van der Waals surface area contributed by atoms with E-state index in [0.29, 0.717) is 11.1 Å². The topological polar surface area (TPSA) is 99.2 Å². The second-order valence-electron chi connectivity index (χ2n) is 6.38. The SMILES string of the molecule is CCOC(=O)CN1C(=O)S/C(=C\c2ccc(OC(=O)c3cccc(Br)c3)c(OC)c2)C1=O. The largest absolute Gasteiger partial charge is 0.493 e. The summed E-state index contributed by atoms with van der Waals surface area (Å²) in [7, 11) is 1.42. The molecular formula is C22H18BrNO7S. The average molecular weight is 520 g/mol. The Morgan fingerprint density at radius 1 is 1.12 bits per heavy atom. The Bertz CT molecular complexity index is 1120. The summed E-state index contributed by atoms with van der Waals surface area (Å²) in [6.07, 6.45) is 1.50. The fourth-order valence-corrected chi connectivity index (χ4v) is 3.99. The van der Waals surface area contributed by atoms with Gasteiger partial charge in [0.15, 0.2) is 11.5 Å². The second kappa shape index (κ2) is 10.5. The van der Waals surface area contributed by atoms with Crippen LogP contribution in [0.4, 0.5) is 4.79 Å². The van der Waals surface area contributed by atoms with Crippen LogP contribution in [0.25, 0.3) is 6.08 Å². The zero-order valence-electron chi connectivity index (χ0n) is 17.1. The van der Waals surface area contributed by atoms with Gasteiger partial charge in [-0.2, -0.15) is 0 Å². The van der Waals surface area contributed by atoms with Crippen molar-refractivity contribution in [2.45, 2.75) is 6.92 Å². The number of benzene rings is 2. The molecule has 166 valence electrons. The van der Waals surface area contributed by atoms with Gasteiger partial charge in [0, 0.05) is 4.47 Å². The van der Waals surface area contributed by atoms with Crippen LogP contribution in [-0.2, 0) is 14.3 Å². The molecule has 0 spiro atoms. The number of hydrogen-bond acceptors (Lipinski definition) is 8. The fraction of sp³-hybridized carbons (Fsp3) is 0.182. The third-order valence-electron chi connectivity index (χ3n) is 4.21. The van der Waals surface area contributed by atoms with Crippen molar-refractivity contribution in [1.29, 1.82) is 0 Å². The van der Waals surface area contributed by atoms with Crippen molar-refractivity contribution in [2.24, 2.45) is 0 Å². The molecule has 0 unspecified atom stereocenters. The molecule has 0 N–H and O–H groups in total. The van der Waals surface area contributed by atoms with Crippen molar-refractivity contribution in [3.05, 3.63) is 63.0 Å². The molecule has 2 aromatic carbocycles. The van der Waals surface area contributed by atoms with Crippen molar-refractivity contribution in [2.75, 3.05) is 20.3 Å². The summed E-state index contributed by atoms with van der Waals surface area (Å²) in [5.41, 5.74) is 0.909. The van der Waals surface area contributed by atoms with Gasteiger partial charge in [-0.15, -0.1) is 0 Å². The smallest absolute Gasteiger partial charge is 0.343 e. The Balaban J connectivity index is 1.77. The van der Waals surface area contributed by atoms with Gasteiger partial charge in [0.2, 0.25) is 0 Å². The van der Waals surface area contributed by atoms with Gasteiger partial charge in [-0.3, -0.25) is 19.3 Å². The minimum Gasteiger partial charge on any atom is -0.493 e. The van der Waals surface area contributed by atoms with Crippen LogP contribution in [0.5, 0.6) is 11.5 Å². The van der Waals surface area contributed by atoms with E-state index in [1.807, 2.05) is 0 Å². The third kappa shape index (κ3) is 5.57. The Morgan fingerprint density at radius 2 is 1.91 bits per heavy atom. The van der Waals surface area contributed by atoms with Gasteiger partial charge in [0.25, 0.3) is 11.1 Å². The predicted octanol–water partition coefficient (Wildman–Crippen LogP) is 4.28. The molecule has 0 aromatic heterocycles. The zero-order chi connectivity index (χ0) is 23.3. The molecule has 8 nitrogen and oxygen atoms in total. The fourth-order valence-electron chi connectivity index (χ4n) is 2.76. The summed E-state index contributed by atoms with van der Waals surface area (Å²) in [5, 5.41) is -0.555. The van der Waals surface area contributed by atoms with Gasteiger partial charge >= 0.3 is 11.9 Å². The molecule has 10 heteroatoms. The van der Waals surface area contributed by atoms with Crippen LogP contribution in [0.2, 0.25) is 0 Å². The van der Waals surface area contributed by atoms with Crippen LogP contribution >= 0.6 is 27.7 Å². The molecular weight excluding hydrogens is 502 g/mol. The van der Waals surface area contributed by atoms with Crippen LogP contribution in [0, 0.1) is 0 Å². The Morgan fingerprint density at radius 3 is 2.59 bits per heavy atom. The molecule has 0 aliphatic carbocycles. The van der Waals surface area contributed by atoms with Crippen molar-refractivity contribution in [3.8, 4) is 11.5 Å². The van der Waals surface area contributed by atoms with E-state index >= 15 is 0 Å². The number of ether oxygens (including phenoxy) is 3. The first-order chi connectivity index (χ1) is 15.3. The quantitative estimate of drug-likeness (QED) is 0.303. The Kier molecular flexibility index (Phi) is 7.70. The van der Waals surface area contributed by atoms with Gasteiger partial charge in [-0.05, 0) is 60.7 Å². The average Bonchev–Trinajstić information content (AvgIpc) is 3.02. The standard InChI is InChI=1S/C22H18BrNO7S/c1-3-30-19(25)12-24-20(26)18(32-22(24)28)10-13-7-8-16(17(9-13)29-2)31-21(27)14-5-4-6-15(23)11-14/h4-11H,3,12H2,1-2H3/b18-10-. The van der Waals surface area contributed by atoms with Crippen molar-refractivity contribution < 1.29 is 33.4 Å². The molecule has 0 atom stereocenters. The maximum Gasteiger partial charge on any atom is 0.343 e. The first-order valence-corrected chi connectivity index (χ1v) is 11.0. The van der Waals surface area contributed by atoms with E-state index < -0.39 is 29.6 Å². The van der Waals surface area contributed by atoms with Crippen LogP contribution in [0.3, 0.4) is 0 Å². The maximum absolute atomic E-state index is 12.5. The molecule has 0 bridgehead atoms. The summed E-state index contributed by atoms with van der Waals surface area (Å²) >= 11 is 4.03. The molecule has 0 saturated carbocycles. The van der Waals surface area contributed by atoms with Crippen LogP contribution in [-0.4, -0.2) is 48.2 Å². The highest BCUT2D eigenvalue weighted by molar-refractivity contribution is 9.10. The van der Waals surface area contributed by atoms with E-state index in [4.69, 9.17) is 14.2 Å². The van der Waals surface area contributed by atoms with E-state index in [9.17, 15) is 19.2 Å². The normalized spacial score (nSPS) is 14.6. The maximum atomic E-state index is 12.5. The van der Waals surface area contributed by atoms with Gasteiger partial charge in [-0.25, -0.2) is 4.79 Å². The lowest BCUT2D eigenvalue weighted by molar-refractivity contribution is -0.145. The summed E-state index contributed by atoms with van der Waals surface area (Å²) < 4.78 is 16.3. The lowest BCUT2D eigenvalue weighted by atomic mass is 10.1. The number of carbonyl (C=O) groups is 4. The Labute approximate surface area is 196 Å². The molecule has 1 fully saturated rings. The van der Waals surface area contributed by atoms with E-state index in [1.165, 1.54) is 19.3 Å². The lowest BCUT2D eigenvalue weighted by Gasteiger charge is -2.11. The number of esters is 2. The lowest BCUT2D eigenvalue weighted by Crippen LogP contribution is -2.34. The summed E-state index contributed by atoms with van der Waals surface area (Å²) in [5.74, 6) is -1.33. The third-order valence-corrected chi connectivity index (χ3v) is 5.62. The highest BCUT2D eigenvalue weighted by atomic mass is 79.9. The van der Waals surface area contributed by atoms with Gasteiger partial charge in [0.1, 0.15) is 6.54 Å². The van der Waals surface area contributed by atoms with Crippen LogP contribution in [0.15, 0.2) is 51.8 Å². The number of rotatable bonds is 7. The molecule has 1 aliphatic rings. The number of nitrogens with zero attached hydrogens (tertiary/aromatic N) is 1. The zero-order valence-corrected chi connectivity index (χ0v) is 19.5.